The molecule has 1 aliphatic heterocycles. The summed E-state index contributed by atoms with van der Waals surface area (Å²) in [5, 5.41) is 0. The van der Waals surface area contributed by atoms with Crippen LogP contribution in [0.4, 0.5) is 0 Å². The molecular weight excluding hydrogens is 328 g/mol. The van der Waals surface area contributed by atoms with E-state index in [1.165, 1.54) is 18.5 Å². The molecule has 6 nitrogen and oxygen atoms in total. The molecule has 3 heterocycles. The molecule has 0 aromatic carbocycles. The van der Waals surface area contributed by atoms with Gasteiger partial charge in [0.25, 0.3) is 11.8 Å². The molecule has 0 unspecified atom stereocenters. The van der Waals surface area contributed by atoms with Crippen molar-refractivity contribution in [2.24, 2.45) is 0 Å². The Morgan fingerprint density at radius 1 is 0.962 bits per heavy atom. The third-order valence-corrected chi connectivity index (χ3v) is 5.41. The van der Waals surface area contributed by atoms with Gasteiger partial charge in [0.2, 0.25) is 0 Å². The fraction of sp³-hybridized carbons (Fsp3) is 0.450. The zero-order valence-corrected chi connectivity index (χ0v) is 15.3. The highest BCUT2D eigenvalue weighted by Crippen LogP contribution is 2.38. The lowest BCUT2D eigenvalue weighted by Crippen LogP contribution is -2.50. The lowest BCUT2D eigenvalue weighted by Gasteiger charge is -2.34. The highest BCUT2D eigenvalue weighted by Gasteiger charge is 2.31. The number of carbonyl (C=O) groups is 2. The fourth-order valence-corrected chi connectivity index (χ4v) is 3.85. The van der Waals surface area contributed by atoms with E-state index in [2.05, 4.69) is 16.5 Å². The quantitative estimate of drug-likeness (QED) is 0.852. The van der Waals surface area contributed by atoms with Gasteiger partial charge in [0.15, 0.2) is 0 Å². The number of amides is 2. The minimum absolute atomic E-state index is 0.00594. The Kier molecular flexibility index (Phi) is 4.26. The summed E-state index contributed by atoms with van der Waals surface area (Å²) in [4.78, 5) is 33.1. The Labute approximate surface area is 153 Å². The van der Waals surface area contributed by atoms with E-state index in [0.29, 0.717) is 37.8 Å². The molecule has 2 fully saturated rings. The van der Waals surface area contributed by atoms with E-state index in [4.69, 9.17) is 0 Å². The van der Waals surface area contributed by atoms with Crippen LogP contribution < -0.4 is 0 Å². The van der Waals surface area contributed by atoms with Crippen molar-refractivity contribution in [3.8, 4) is 0 Å². The molecule has 2 aromatic rings. The van der Waals surface area contributed by atoms with Crippen molar-refractivity contribution in [2.45, 2.75) is 32.7 Å². The predicted octanol–water partition coefficient (Wildman–Crippen LogP) is 2.43. The van der Waals surface area contributed by atoms with Crippen LogP contribution in [0, 0.1) is 13.8 Å². The normalized spacial score (nSPS) is 17.5. The van der Waals surface area contributed by atoms with Gasteiger partial charge in [-0.1, -0.05) is 0 Å². The minimum atomic E-state index is 0.00594. The molecule has 0 N–H and O–H groups in total. The van der Waals surface area contributed by atoms with Crippen molar-refractivity contribution in [3.05, 3.63) is 53.1 Å². The van der Waals surface area contributed by atoms with Crippen molar-refractivity contribution >= 4 is 11.8 Å². The average molecular weight is 352 g/mol. The summed E-state index contributed by atoms with van der Waals surface area (Å²) >= 11 is 0. The molecule has 2 aliphatic rings. The topological polar surface area (TPSA) is 58.4 Å². The lowest BCUT2D eigenvalue weighted by atomic mass is 10.1. The van der Waals surface area contributed by atoms with E-state index in [0.717, 1.165) is 11.3 Å². The molecule has 0 spiro atoms. The maximum absolute atomic E-state index is 13.0. The van der Waals surface area contributed by atoms with Crippen molar-refractivity contribution in [1.82, 2.24) is 19.4 Å². The molecule has 0 radical (unpaired) electrons. The number of hydrogen-bond donors (Lipinski definition) is 0. The molecule has 1 saturated heterocycles. The number of piperazine rings is 1. The smallest absolute Gasteiger partial charge is 0.255 e. The number of nitrogens with zero attached hydrogens (tertiary/aromatic N) is 4. The first-order valence-corrected chi connectivity index (χ1v) is 9.23. The summed E-state index contributed by atoms with van der Waals surface area (Å²) in [7, 11) is 0. The molecule has 136 valence electrons. The lowest BCUT2D eigenvalue weighted by molar-refractivity contribution is 0.0535. The van der Waals surface area contributed by atoms with Crippen molar-refractivity contribution in [1.29, 1.82) is 0 Å². The van der Waals surface area contributed by atoms with Crippen LogP contribution in [0.2, 0.25) is 0 Å². The molecule has 2 amide bonds. The zero-order chi connectivity index (χ0) is 18.3. The fourth-order valence-electron chi connectivity index (χ4n) is 3.85. The summed E-state index contributed by atoms with van der Waals surface area (Å²) in [5.41, 5.74) is 3.70. The predicted molar refractivity (Wildman–Crippen MR) is 98.2 cm³/mol. The highest BCUT2D eigenvalue weighted by atomic mass is 16.2. The Morgan fingerprint density at radius 2 is 1.54 bits per heavy atom. The number of carbonyl (C=O) groups excluding carboxylic acids is 2. The van der Waals surface area contributed by atoms with Gasteiger partial charge in [0.1, 0.15) is 0 Å². The Hall–Kier alpha value is -2.63. The van der Waals surface area contributed by atoms with Crippen LogP contribution in [0.1, 0.15) is 51.0 Å². The van der Waals surface area contributed by atoms with Gasteiger partial charge >= 0.3 is 0 Å². The first kappa shape index (κ1) is 16.8. The van der Waals surface area contributed by atoms with Gasteiger partial charge < -0.3 is 14.4 Å². The van der Waals surface area contributed by atoms with Gasteiger partial charge in [-0.2, -0.15) is 0 Å². The number of aromatic nitrogens is 2. The van der Waals surface area contributed by atoms with E-state index in [1.54, 1.807) is 24.5 Å². The highest BCUT2D eigenvalue weighted by molar-refractivity contribution is 5.96. The van der Waals surface area contributed by atoms with Crippen LogP contribution in [-0.4, -0.2) is 57.3 Å². The summed E-state index contributed by atoms with van der Waals surface area (Å²) in [6.45, 7) is 6.39. The first-order valence-electron chi connectivity index (χ1n) is 9.23. The van der Waals surface area contributed by atoms with Gasteiger partial charge in [-0.25, -0.2) is 0 Å². The van der Waals surface area contributed by atoms with Crippen LogP contribution in [0.15, 0.2) is 30.6 Å². The molecule has 0 atom stereocenters. The van der Waals surface area contributed by atoms with E-state index in [9.17, 15) is 9.59 Å². The maximum atomic E-state index is 13.0. The molecule has 6 heteroatoms. The Balaban J connectivity index is 1.43. The standard InChI is InChI=1S/C20H24N4O2/c1-14-13-18(15(2)24(14)17-3-4-17)20(26)23-11-9-22(10-12-23)19(25)16-5-7-21-8-6-16/h5-8,13,17H,3-4,9-12H2,1-2H3. The van der Waals surface area contributed by atoms with Crippen LogP contribution in [0.5, 0.6) is 0 Å². The van der Waals surface area contributed by atoms with E-state index >= 15 is 0 Å². The number of rotatable bonds is 3. The third-order valence-electron chi connectivity index (χ3n) is 5.41. The summed E-state index contributed by atoms with van der Waals surface area (Å²) in [6.07, 6.45) is 5.67. The summed E-state index contributed by atoms with van der Waals surface area (Å²) in [5.74, 6) is 0.0902. The van der Waals surface area contributed by atoms with E-state index in [1.807, 2.05) is 22.8 Å². The van der Waals surface area contributed by atoms with Gasteiger partial charge in [-0.15, -0.1) is 0 Å². The Morgan fingerprint density at radius 3 is 2.12 bits per heavy atom. The van der Waals surface area contributed by atoms with Gasteiger partial charge in [0, 0.05) is 61.6 Å². The minimum Gasteiger partial charge on any atom is -0.345 e. The van der Waals surface area contributed by atoms with Crippen LogP contribution in [0.25, 0.3) is 0 Å². The zero-order valence-electron chi connectivity index (χ0n) is 15.3. The van der Waals surface area contributed by atoms with Crippen molar-refractivity contribution in [3.63, 3.8) is 0 Å². The third kappa shape index (κ3) is 3.00. The summed E-state index contributed by atoms with van der Waals surface area (Å²) in [6, 6.07) is 6.05. The van der Waals surface area contributed by atoms with E-state index in [-0.39, 0.29) is 11.8 Å². The molecule has 26 heavy (non-hydrogen) atoms. The SMILES string of the molecule is Cc1cc(C(=O)N2CCN(C(=O)c3ccncc3)CC2)c(C)n1C1CC1. The molecular formula is C20H24N4O2. The monoisotopic (exact) mass is 352 g/mol. The van der Waals surface area contributed by atoms with Crippen molar-refractivity contribution < 1.29 is 9.59 Å². The van der Waals surface area contributed by atoms with Gasteiger partial charge in [0.05, 0.1) is 5.56 Å². The maximum Gasteiger partial charge on any atom is 0.255 e. The van der Waals surface area contributed by atoms with Gasteiger partial charge in [-0.3, -0.25) is 14.6 Å². The number of hydrogen-bond acceptors (Lipinski definition) is 3. The largest absolute Gasteiger partial charge is 0.345 e. The van der Waals surface area contributed by atoms with Crippen LogP contribution >= 0.6 is 0 Å². The van der Waals surface area contributed by atoms with E-state index < -0.39 is 0 Å². The molecule has 0 bridgehead atoms. The second-order valence-electron chi connectivity index (χ2n) is 7.21. The second-order valence-corrected chi connectivity index (χ2v) is 7.21. The van der Waals surface area contributed by atoms with Crippen molar-refractivity contribution in [2.75, 3.05) is 26.2 Å². The van der Waals surface area contributed by atoms with Crippen LogP contribution in [-0.2, 0) is 0 Å². The number of aryl methyl sites for hydroxylation is 1. The average Bonchev–Trinajstić information content (AvgIpc) is 3.46. The number of pyridine rings is 1. The van der Waals surface area contributed by atoms with Gasteiger partial charge in [-0.05, 0) is 44.9 Å². The summed E-state index contributed by atoms with van der Waals surface area (Å²) < 4.78 is 2.30. The first-order chi connectivity index (χ1) is 12.6. The van der Waals surface area contributed by atoms with Crippen LogP contribution in [0.3, 0.4) is 0 Å². The second kappa shape index (κ2) is 6.59. The molecule has 2 aromatic heterocycles. The molecule has 1 saturated carbocycles. The molecule has 1 aliphatic carbocycles. The molecule has 4 rings (SSSR count). The Bertz CT molecular complexity index is 831.